The first kappa shape index (κ1) is 19.4. The molecule has 1 fully saturated rings. The Kier molecular flexibility index (Phi) is 5.72. The Hall–Kier alpha value is -1.40. The average molecular weight is 379 g/mol. The molecule has 3 rings (SSSR count). The summed E-state index contributed by atoms with van der Waals surface area (Å²) in [6.07, 6.45) is 7.03. The number of carboxylic acids is 1. The molecule has 0 radical (unpaired) electrons. The number of fused-ring (bicyclic) bond motifs is 1. The number of hydrogen-bond acceptors (Lipinski definition) is 4. The minimum absolute atomic E-state index is 0.0906. The van der Waals surface area contributed by atoms with Crippen LogP contribution < -0.4 is 10.6 Å². The maximum Gasteiger partial charge on any atom is 0.337 e. The van der Waals surface area contributed by atoms with E-state index in [2.05, 4.69) is 24.5 Å². The fraction of sp³-hybridized carbons (Fsp3) is 0.700. The van der Waals surface area contributed by atoms with Gasteiger partial charge in [0, 0.05) is 10.9 Å². The molecular formula is C20H30N2O3S. The number of hydrogen-bond donors (Lipinski definition) is 3. The minimum atomic E-state index is -0.972. The summed E-state index contributed by atoms with van der Waals surface area (Å²) in [7, 11) is 1.94. The predicted molar refractivity (Wildman–Crippen MR) is 104 cm³/mol. The topological polar surface area (TPSA) is 78.4 Å². The van der Waals surface area contributed by atoms with Crippen LogP contribution in [0, 0.1) is 11.3 Å². The van der Waals surface area contributed by atoms with Crippen molar-refractivity contribution in [1.29, 1.82) is 0 Å². The van der Waals surface area contributed by atoms with Crippen molar-refractivity contribution in [2.45, 2.75) is 64.8 Å². The molecule has 0 unspecified atom stereocenters. The first-order valence-electron chi connectivity index (χ1n) is 9.65. The van der Waals surface area contributed by atoms with Crippen molar-refractivity contribution in [3.63, 3.8) is 0 Å². The lowest BCUT2D eigenvalue weighted by Gasteiger charge is -2.32. The van der Waals surface area contributed by atoms with Crippen LogP contribution >= 0.6 is 11.3 Å². The van der Waals surface area contributed by atoms with Crippen LogP contribution in [-0.2, 0) is 12.8 Å². The lowest BCUT2D eigenvalue weighted by atomic mass is 9.76. The summed E-state index contributed by atoms with van der Waals surface area (Å²) in [5.41, 5.74) is 1.23. The van der Waals surface area contributed by atoms with Crippen molar-refractivity contribution in [1.82, 2.24) is 10.6 Å². The zero-order chi connectivity index (χ0) is 18.9. The Morgan fingerprint density at radius 2 is 2.00 bits per heavy atom. The van der Waals surface area contributed by atoms with Crippen LogP contribution in [0.2, 0.25) is 0 Å². The lowest BCUT2D eigenvalue weighted by molar-refractivity contribution is 0.0688. The number of carbonyl (C=O) groups excluding carboxylic acids is 1. The largest absolute Gasteiger partial charge is 0.478 e. The van der Waals surface area contributed by atoms with Crippen molar-refractivity contribution in [2.24, 2.45) is 11.3 Å². The highest BCUT2D eigenvalue weighted by atomic mass is 32.1. The molecule has 1 amide bonds. The fourth-order valence-corrected chi connectivity index (χ4v) is 5.66. The normalized spacial score (nSPS) is 24.7. The third-order valence-electron chi connectivity index (χ3n) is 5.89. The van der Waals surface area contributed by atoms with Gasteiger partial charge in [0.25, 0.3) is 5.91 Å². The van der Waals surface area contributed by atoms with Crippen molar-refractivity contribution in [3.8, 4) is 0 Å². The molecule has 2 aliphatic carbocycles. The van der Waals surface area contributed by atoms with E-state index < -0.39 is 5.97 Å². The van der Waals surface area contributed by atoms with Crippen molar-refractivity contribution in [3.05, 3.63) is 20.9 Å². The number of aryl methyl sites for hydroxylation is 1. The molecule has 1 aromatic rings. The molecule has 1 aromatic heterocycles. The van der Waals surface area contributed by atoms with Gasteiger partial charge < -0.3 is 15.7 Å². The second-order valence-electron chi connectivity index (χ2n) is 8.54. The van der Waals surface area contributed by atoms with Crippen LogP contribution in [0.3, 0.4) is 0 Å². The maximum atomic E-state index is 13.0. The highest BCUT2D eigenvalue weighted by Crippen LogP contribution is 2.41. The summed E-state index contributed by atoms with van der Waals surface area (Å²) in [5, 5.41) is 16.2. The molecular weight excluding hydrogens is 348 g/mol. The molecule has 144 valence electrons. The molecule has 2 aliphatic rings. The van der Waals surface area contributed by atoms with E-state index >= 15 is 0 Å². The van der Waals surface area contributed by atoms with Gasteiger partial charge in [0.05, 0.1) is 5.56 Å². The van der Waals surface area contributed by atoms with Gasteiger partial charge in [-0.05, 0) is 62.6 Å². The maximum absolute atomic E-state index is 13.0. The SMILES string of the molecule is CNC[C@@H]1CCCC[C@H]1NC(=O)c1sc2c(c1C(=O)O)CC(C)(C)CC2. The summed E-state index contributed by atoms with van der Waals surface area (Å²) in [6.45, 7) is 5.22. The number of carbonyl (C=O) groups is 2. The van der Waals surface area contributed by atoms with Gasteiger partial charge in [0.2, 0.25) is 0 Å². The number of amides is 1. The van der Waals surface area contributed by atoms with Crippen molar-refractivity contribution in [2.75, 3.05) is 13.6 Å². The molecule has 0 bridgehead atoms. The average Bonchev–Trinajstić information content (AvgIpc) is 2.94. The van der Waals surface area contributed by atoms with Crippen molar-refractivity contribution < 1.29 is 14.7 Å². The van der Waals surface area contributed by atoms with Gasteiger partial charge in [-0.25, -0.2) is 4.79 Å². The van der Waals surface area contributed by atoms with Crippen LogP contribution in [0.4, 0.5) is 0 Å². The molecule has 26 heavy (non-hydrogen) atoms. The van der Waals surface area contributed by atoms with Gasteiger partial charge in [0.15, 0.2) is 0 Å². The molecule has 1 saturated carbocycles. The van der Waals surface area contributed by atoms with Gasteiger partial charge in [0.1, 0.15) is 4.88 Å². The number of rotatable bonds is 5. The van der Waals surface area contributed by atoms with E-state index in [0.29, 0.717) is 10.8 Å². The van der Waals surface area contributed by atoms with Crippen LogP contribution in [0.25, 0.3) is 0 Å². The fourth-order valence-electron chi connectivity index (χ4n) is 4.44. The number of carboxylic acid groups (broad SMARTS) is 1. The monoisotopic (exact) mass is 378 g/mol. The molecule has 0 saturated heterocycles. The van der Waals surface area contributed by atoms with Crippen LogP contribution in [-0.4, -0.2) is 36.6 Å². The van der Waals surface area contributed by atoms with Gasteiger partial charge in [-0.3, -0.25) is 4.79 Å². The van der Waals surface area contributed by atoms with E-state index in [1.54, 1.807) is 0 Å². The second kappa shape index (κ2) is 7.69. The third kappa shape index (κ3) is 3.96. The number of thiophene rings is 1. The highest BCUT2D eigenvalue weighted by molar-refractivity contribution is 7.14. The Morgan fingerprint density at radius 3 is 2.69 bits per heavy atom. The molecule has 1 heterocycles. The Morgan fingerprint density at radius 1 is 1.27 bits per heavy atom. The van der Waals surface area contributed by atoms with Crippen LogP contribution in [0.15, 0.2) is 0 Å². The van der Waals surface area contributed by atoms with Crippen molar-refractivity contribution >= 4 is 23.2 Å². The van der Waals surface area contributed by atoms with Crippen LogP contribution in [0.1, 0.15) is 76.4 Å². The second-order valence-corrected chi connectivity index (χ2v) is 9.64. The van der Waals surface area contributed by atoms with Crippen LogP contribution in [0.5, 0.6) is 0 Å². The molecule has 5 nitrogen and oxygen atoms in total. The zero-order valence-corrected chi connectivity index (χ0v) is 16.8. The molecule has 0 spiro atoms. The molecule has 0 aromatic carbocycles. The Balaban J connectivity index is 1.85. The molecule has 3 N–H and O–H groups in total. The summed E-state index contributed by atoms with van der Waals surface area (Å²) < 4.78 is 0. The number of aromatic carboxylic acids is 1. The summed E-state index contributed by atoms with van der Waals surface area (Å²) >= 11 is 1.39. The molecule has 0 aliphatic heterocycles. The summed E-state index contributed by atoms with van der Waals surface area (Å²) in [6, 6.07) is 0.126. The molecule has 2 atom stereocenters. The van der Waals surface area contributed by atoms with Gasteiger partial charge >= 0.3 is 5.97 Å². The first-order valence-corrected chi connectivity index (χ1v) is 10.5. The highest BCUT2D eigenvalue weighted by Gasteiger charge is 2.35. The summed E-state index contributed by atoms with van der Waals surface area (Å²) in [4.78, 5) is 26.4. The number of nitrogens with one attached hydrogen (secondary N) is 2. The first-order chi connectivity index (χ1) is 12.3. The van der Waals surface area contributed by atoms with E-state index in [0.717, 1.165) is 55.5 Å². The standard InChI is InChI=1S/C20H30N2O3S/c1-20(2)9-8-15-13(10-20)16(19(24)25)17(26-15)18(23)22-14-7-5-4-6-12(14)11-21-3/h12,14,21H,4-11H2,1-3H3,(H,22,23)(H,24,25)/t12-,14+/m0/s1. The lowest BCUT2D eigenvalue weighted by Crippen LogP contribution is -2.45. The zero-order valence-electron chi connectivity index (χ0n) is 16.0. The van der Waals surface area contributed by atoms with Gasteiger partial charge in [-0.1, -0.05) is 26.7 Å². The van der Waals surface area contributed by atoms with Gasteiger partial charge in [-0.15, -0.1) is 11.3 Å². The van der Waals surface area contributed by atoms with E-state index in [-0.39, 0.29) is 22.9 Å². The smallest absolute Gasteiger partial charge is 0.337 e. The van der Waals surface area contributed by atoms with E-state index in [4.69, 9.17) is 0 Å². The van der Waals surface area contributed by atoms with E-state index in [1.807, 2.05) is 7.05 Å². The molecule has 6 heteroatoms. The Labute approximate surface area is 159 Å². The van der Waals surface area contributed by atoms with Gasteiger partial charge in [-0.2, -0.15) is 0 Å². The minimum Gasteiger partial charge on any atom is -0.478 e. The third-order valence-corrected chi connectivity index (χ3v) is 7.18. The quantitative estimate of drug-likeness (QED) is 0.733. The Bertz CT molecular complexity index is 693. The van der Waals surface area contributed by atoms with E-state index in [9.17, 15) is 14.7 Å². The predicted octanol–water partition coefficient (Wildman–Crippen LogP) is 3.47. The van der Waals surface area contributed by atoms with E-state index in [1.165, 1.54) is 17.8 Å². The summed E-state index contributed by atoms with van der Waals surface area (Å²) in [5.74, 6) is -0.757.